The summed E-state index contributed by atoms with van der Waals surface area (Å²) in [7, 11) is 0. The van der Waals surface area contributed by atoms with E-state index in [-0.39, 0.29) is 11.8 Å². The van der Waals surface area contributed by atoms with Crippen LogP contribution >= 0.6 is 0 Å². The molecule has 1 aliphatic rings. The van der Waals surface area contributed by atoms with Crippen molar-refractivity contribution in [3.63, 3.8) is 0 Å². The Morgan fingerprint density at radius 3 is 2.77 bits per heavy atom. The molecule has 2 aromatic carbocycles. The van der Waals surface area contributed by atoms with E-state index in [0.29, 0.717) is 24.8 Å². The third-order valence-corrected chi connectivity index (χ3v) is 5.80. The highest BCUT2D eigenvalue weighted by atomic mass is 16.5. The van der Waals surface area contributed by atoms with Gasteiger partial charge >= 0.3 is 0 Å². The van der Waals surface area contributed by atoms with Gasteiger partial charge in [0.15, 0.2) is 0 Å². The number of carbonyl (C=O) groups excluding carboxylic acids is 1. The number of rotatable bonds is 8. The van der Waals surface area contributed by atoms with E-state index in [2.05, 4.69) is 51.5 Å². The van der Waals surface area contributed by atoms with Crippen molar-refractivity contribution < 1.29 is 9.32 Å². The summed E-state index contributed by atoms with van der Waals surface area (Å²) in [4.78, 5) is 19.4. The van der Waals surface area contributed by atoms with Gasteiger partial charge in [0.25, 0.3) is 0 Å². The number of benzene rings is 2. The van der Waals surface area contributed by atoms with Gasteiger partial charge in [0, 0.05) is 18.7 Å². The summed E-state index contributed by atoms with van der Waals surface area (Å²) in [6.45, 7) is 5.07. The first-order valence-electron chi connectivity index (χ1n) is 11.1. The van der Waals surface area contributed by atoms with E-state index in [9.17, 15) is 4.79 Å². The summed E-state index contributed by atoms with van der Waals surface area (Å²) in [6, 6.07) is 18.4. The average Bonchev–Trinajstić information content (AvgIpc) is 3.27. The lowest BCUT2D eigenvalue weighted by Crippen LogP contribution is -2.43. The van der Waals surface area contributed by atoms with E-state index >= 15 is 0 Å². The number of amides is 1. The van der Waals surface area contributed by atoms with Crippen LogP contribution in [0.3, 0.4) is 0 Å². The molecule has 162 valence electrons. The number of likely N-dealkylation sites (tertiary alicyclic amines) is 1. The second-order valence-corrected chi connectivity index (χ2v) is 8.33. The first-order chi connectivity index (χ1) is 15.2. The molecule has 1 N–H and O–H groups in total. The number of hydrogen-bond acceptors (Lipinski definition) is 5. The Labute approximate surface area is 183 Å². The number of nitrogens with zero attached hydrogens (tertiary/aromatic N) is 3. The topological polar surface area (TPSA) is 71.3 Å². The molecule has 31 heavy (non-hydrogen) atoms. The largest absolute Gasteiger partial charge is 0.356 e. The van der Waals surface area contributed by atoms with Crippen LogP contribution in [0.15, 0.2) is 59.1 Å². The maximum Gasteiger partial charge on any atom is 0.241 e. The van der Waals surface area contributed by atoms with Gasteiger partial charge in [0.2, 0.25) is 17.6 Å². The zero-order valence-electron chi connectivity index (χ0n) is 18.1. The highest BCUT2D eigenvalue weighted by Crippen LogP contribution is 2.20. The minimum absolute atomic E-state index is 0.0182. The van der Waals surface area contributed by atoms with Crippen LogP contribution in [0.25, 0.3) is 11.4 Å². The Bertz CT molecular complexity index is 969. The van der Waals surface area contributed by atoms with Gasteiger partial charge < -0.3 is 9.84 Å². The zero-order chi connectivity index (χ0) is 21.5. The first-order valence-corrected chi connectivity index (χ1v) is 11.1. The van der Waals surface area contributed by atoms with Crippen LogP contribution in [-0.4, -0.2) is 40.6 Å². The third kappa shape index (κ3) is 6.01. The summed E-state index contributed by atoms with van der Waals surface area (Å²) in [5.74, 6) is 1.38. The summed E-state index contributed by atoms with van der Waals surface area (Å²) < 4.78 is 5.44. The molecule has 0 radical (unpaired) electrons. The van der Waals surface area contributed by atoms with Crippen molar-refractivity contribution in [1.82, 2.24) is 20.4 Å². The van der Waals surface area contributed by atoms with Crippen LogP contribution in [0, 0.1) is 12.8 Å². The molecule has 6 heteroatoms. The predicted molar refractivity (Wildman–Crippen MR) is 120 cm³/mol. The van der Waals surface area contributed by atoms with Crippen LogP contribution in [0.5, 0.6) is 0 Å². The second-order valence-electron chi connectivity index (χ2n) is 8.33. The van der Waals surface area contributed by atoms with E-state index in [0.717, 1.165) is 44.3 Å². The average molecular weight is 419 g/mol. The van der Waals surface area contributed by atoms with Crippen molar-refractivity contribution in [2.75, 3.05) is 19.6 Å². The highest BCUT2D eigenvalue weighted by Gasteiger charge is 2.26. The highest BCUT2D eigenvalue weighted by molar-refractivity contribution is 5.78. The smallest absolute Gasteiger partial charge is 0.241 e. The monoisotopic (exact) mass is 418 g/mol. The van der Waals surface area contributed by atoms with E-state index in [1.165, 1.54) is 11.1 Å². The number of piperidine rings is 1. The van der Waals surface area contributed by atoms with Gasteiger partial charge in [0.1, 0.15) is 0 Å². The molecule has 1 aromatic heterocycles. The fraction of sp³-hybridized carbons (Fsp3) is 0.400. The first kappa shape index (κ1) is 21.2. The van der Waals surface area contributed by atoms with Gasteiger partial charge in [0.05, 0.1) is 12.5 Å². The van der Waals surface area contributed by atoms with Crippen molar-refractivity contribution in [2.45, 2.75) is 39.2 Å². The molecule has 3 aromatic rings. The molecule has 1 aliphatic heterocycles. The van der Waals surface area contributed by atoms with E-state index in [4.69, 9.17) is 4.52 Å². The fourth-order valence-corrected chi connectivity index (χ4v) is 4.03. The maximum absolute atomic E-state index is 12.7. The van der Waals surface area contributed by atoms with Crippen LogP contribution in [0.1, 0.15) is 36.3 Å². The molecule has 0 spiro atoms. The van der Waals surface area contributed by atoms with Crippen LogP contribution in [-0.2, 0) is 17.8 Å². The molecule has 1 unspecified atom stereocenters. The van der Waals surface area contributed by atoms with Crippen molar-refractivity contribution in [2.24, 2.45) is 5.92 Å². The summed E-state index contributed by atoms with van der Waals surface area (Å²) in [5, 5.41) is 7.22. The molecule has 6 nitrogen and oxygen atoms in total. The van der Waals surface area contributed by atoms with Crippen molar-refractivity contribution in [3.05, 3.63) is 71.6 Å². The summed E-state index contributed by atoms with van der Waals surface area (Å²) >= 11 is 0. The lowest BCUT2D eigenvalue weighted by molar-refractivity contribution is -0.126. The molecule has 1 fully saturated rings. The van der Waals surface area contributed by atoms with Crippen molar-refractivity contribution >= 4 is 5.91 Å². The van der Waals surface area contributed by atoms with E-state index in [1.807, 2.05) is 30.3 Å². The number of hydrogen-bond donors (Lipinski definition) is 1. The molecule has 0 bridgehead atoms. The molecule has 2 heterocycles. The molecule has 0 aliphatic carbocycles. The van der Waals surface area contributed by atoms with E-state index < -0.39 is 0 Å². The van der Waals surface area contributed by atoms with Crippen molar-refractivity contribution in [1.29, 1.82) is 0 Å². The molecular weight excluding hydrogens is 388 g/mol. The Morgan fingerprint density at radius 2 is 1.97 bits per heavy atom. The predicted octanol–water partition coefficient (Wildman–Crippen LogP) is 4.01. The molecule has 0 saturated carbocycles. The quantitative estimate of drug-likeness (QED) is 0.560. The Balaban J connectivity index is 1.22. The minimum atomic E-state index is 0.0182. The van der Waals surface area contributed by atoms with Gasteiger partial charge in [-0.3, -0.25) is 9.69 Å². The summed E-state index contributed by atoms with van der Waals surface area (Å²) in [5.41, 5.74) is 3.54. The lowest BCUT2D eigenvalue weighted by atomic mass is 9.97. The SMILES string of the molecule is Cc1ccc(CCCNC(=O)C2CCCN(Cc3nc(-c4ccccc4)no3)C2)cc1. The van der Waals surface area contributed by atoms with E-state index in [1.54, 1.807) is 0 Å². The summed E-state index contributed by atoms with van der Waals surface area (Å²) in [6.07, 6.45) is 3.87. The van der Waals surface area contributed by atoms with Crippen LogP contribution in [0.4, 0.5) is 0 Å². The minimum Gasteiger partial charge on any atom is -0.356 e. The van der Waals surface area contributed by atoms with Crippen LogP contribution in [0.2, 0.25) is 0 Å². The van der Waals surface area contributed by atoms with Gasteiger partial charge in [-0.2, -0.15) is 4.98 Å². The van der Waals surface area contributed by atoms with Crippen LogP contribution < -0.4 is 5.32 Å². The normalized spacial score (nSPS) is 16.9. The zero-order valence-corrected chi connectivity index (χ0v) is 18.1. The molecule has 1 amide bonds. The maximum atomic E-state index is 12.7. The van der Waals surface area contributed by atoms with Gasteiger partial charge in [-0.05, 0) is 44.7 Å². The number of aryl methyl sites for hydroxylation is 2. The number of nitrogens with one attached hydrogen (secondary N) is 1. The number of carbonyl (C=O) groups is 1. The molecular formula is C25H30N4O2. The second kappa shape index (κ2) is 10.4. The lowest BCUT2D eigenvalue weighted by Gasteiger charge is -2.30. The molecule has 1 saturated heterocycles. The van der Waals surface area contributed by atoms with Crippen molar-refractivity contribution in [3.8, 4) is 11.4 Å². The Kier molecular flexibility index (Phi) is 7.10. The standard InChI is InChI=1S/C25H30N4O2/c1-19-11-13-20(14-12-19)7-5-15-26-25(30)22-10-6-16-29(17-22)18-23-27-24(28-31-23)21-8-3-2-4-9-21/h2-4,8-9,11-14,22H,5-7,10,15-18H2,1H3,(H,26,30). The molecule has 1 atom stereocenters. The molecule has 4 rings (SSSR count). The van der Waals surface area contributed by atoms with Gasteiger partial charge in [-0.25, -0.2) is 0 Å². The third-order valence-electron chi connectivity index (χ3n) is 5.80. The number of aromatic nitrogens is 2. The Morgan fingerprint density at radius 1 is 1.16 bits per heavy atom. The van der Waals surface area contributed by atoms with Gasteiger partial charge in [-0.15, -0.1) is 0 Å². The fourth-order valence-electron chi connectivity index (χ4n) is 4.03. The Hall–Kier alpha value is -2.99. The van der Waals surface area contributed by atoms with Gasteiger partial charge in [-0.1, -0.05) is 65.3 Å².